The molecular weight excluding hydrogens is 451 g/mol. The minimum Gasteiger partial charge on any atom is -0.357 e. The fraction of sp³-hybridized carbons (Fsp3) is 0.550. The summed E-state index contributed by atoms with van der Waals surface area (Å²) in [6.07, 6.45) is 4.19. The third kappa shape index (κ3) is 5.92. The van der Waals surface area contributed by atoms with Crippen LogP contribution in [-0.2, 0) is 19.4 Å². The van der Waals surface area contributed by atoms with Crippen molar-refractivity contribution in [1.29, 1.82) is 0 Å². The standard InChI is InChI=1S/C20H30N6.HI/c1-4-16-8-10-17(11-9-16)12-13-22-20(21-5-2)24-18-7-6-14-26-19(18)23-15(3)25-26;/h8-11,18H,4-7,12-14H2,1-3H3,(H2,21,22,24);1H. The number of rotatable bonds is 6. The first kappa shape index (κ1) is 21.7. The molecule has 3 rings (SSSR count). The molecule has 1 aromatic heterocycles. The SMILES string of the molecule is CCNC(=NCCc1ccc(CC)cc1)NC1CCCn2nc(C)nc21.I. The molecule has 0 saturated carbocycles. The van der Waals surface area contributed by atoms with Gasteiger partial charge in [-0.25, -0.2) is 9.67 Å². The first-order chi connectivity index (χ1) is 12.7. The molecule has 0 fully saturated rings. The summed E-state index contributed by atoms with van der Waals surface area (Å²) in [5, 5.41) is 11.4. The average Bonchev–Trinajstić information content (AvgIpc) is 3.04. The Labute approximate surface area is 179 Å². The summed E-state index contributed by atoms with van der Waals surface area (Å²) in [5.41, 5.74) is 2.71. The molecule has 0 amide bonds. The van der Waals surface area contributed by atoms with Crippen LogP contribution >= 0.6 is 24.0 Å². The normalized spacial score (nSPS) is 16.4. The Morgan fingerprint density at radius 2 is 1.96 bits per heavy atom. The zero-order chi connectivity index (χ0) is 18.4. The van der Waals surface area contributed by atoms with Crippen LogP contribution in [0.4, 0.5) is 0 Å². The van der Waals surface area contributed by atoms with E-state index < -0.39 is 0 Å². The average molecular weight is 482 g/mol. The lowest BCUT2D eigenvalue weighted by Crippen LogP contribution is -2.41. The molecular formula is C20H31IN6. The van der Waals surface area contributed by atoms with Crippen molar-refractivity contribution in [2.45, 2.75) is 59.0 Å². The molecule has 0 bridgehead atoms. The molecule has 6 nitrogen and oxygen atoms in total. The summed E-state index contributed by atoms with van der Waals surface area (Å²) in [6.45, 7) is 8.78. The van der Waals surface area contributed by atoms with E-state index in [1.54, 1.807) is 0 Å². The highest BCUT2D eigenvalue weighted by molar-refractivity contribution is 14.0. The molecule has 2 aromatic rings. The fourth-order valence-electron chi connectivity index (χ4n) is 3.33. The predicted octanol–water partition coefficient (Wildman–Crippen LogP) is 3.40. The van der Waals surface area contributed by atoms with Crippen LogP contribution in [0.15, 0.2) is 29.3 Å². The van der Waals surface area contributed by atoms with Gasteiger partial charge in [0.25, 0.3) is 0 Å². The van der Waals surface area contributed by atoms with Gasteiger partial charge >= 0.3 is 0 Å². The summed E-state index contributed by atoms with van der Waals surface area (Å²) in [6, 6.07) is 9.01. The van der Waals surface area contributed by atoms with Gasteiger partial charge in [0.1, 0.15) is 11.6 Å². The largest absolute Gasteiger partial charge is 0.357 e. The lowest BCUT2D eigenvalue weighted by Gasteiger charge is -2.25. The summed E-state index contributed by atoms with van der Waals surface area (Å²) in [4.78, 5) is 9.36. The topological polar surface area (TPSA) is 67.1 Å². The van der Waals surface area contributed by atoms with Gasteiger partial charge in [0.15, 0.2) is 5.96 Å². The van der Waals surface area contributed by atoms with E-state index in [0.29, 0.717) is 0 Å². The maximum Gasteiger partial charge on any atom is 0.191 e. The number of hydrogen-bond donors (Lipinski definition) is 2. The predicted molar refractivity (Wildman–Crippen MR) is 121 cm³/mol. The van der Waals surface area contributed by atoms with Crippen molar-refractivity contribution < 1.29 is 0 Å². The number of nitrogens with zero attached hydrogens (tertiary/aromatic N) is 4. The zero-order valence-corrected chi connectivity index (χ0v) is 18.9. The number of fused-ring (bicyclic) bond motifs is 1. The molecule has 0 saturated heterocycles. The highest BCUT2D eigenvalue weighted by atomic mass is 127. The first-order valence-electron chi connectivity index (χ1n) is 9.73. The highest BCUT2D eigenvalue weighted by Gasteiger charge is 2.24. The van der Waals surface area contributed by atoms with Gasteiger partial charge in [-0.3, -0.25) is 4.99 Å². The number of nitrogens with one attached hydrogen (secondary N) is 2. The lowest BCUT2D eigenvalue weighted by atomic mass is 10.1. The number of benzene rings is 1. The van der Waals surface area contributed by atoms with E-state index in [4.69, 9.17) is 4.99 Å². The van der Waals surface area contributed by atoms with E-state index >= 15 is 0 Å². The number of aromatic nitrogens is 3. The number of guanidine groups is 1. The Kier molecular flexibility index (Phi) is 8.53. The van der Waals surface area contributed by atoms with Crippen molar-refractivity contribution in [3.05, 3.63) is 47.0 Å². The smallest absolute Gasteiger partial charge is 0.191 e. The van der Waals surface area contributed by atoms with E-state index in [-0.39, 0.29) is 30.0 Å². The van der Waals surface area contributed by atoms with Crippen molar-refractivity contribution >= 4 is 29.9 Å². The molecule has 27 heavy (non-hydrogen) atoms. The third-order valence-corrected chi connectivity index (χ3v) is 4.74. The Balaban J connectivity index is 0.00000261. The molecule has 0 radical (unpaired) electrons. The van der Waals surface area contributed by atoms with Crippen LogP contribution in [0.2, 0.25) is 0 Å². The molecule has 148 valence electrons. The van der Waals surface area contributed by atoms with Gasteiger partial charge in [-0.2, -0.15) is 5.10 Å². The van der Waals surface area contributed by atoms with Crippen molar-refractivity contribution in [2.75, 3.05) is 13.1 Å². The second-order valence-corrected chi connectivity index (χ2v) is 6.76. The highest BCUT2D eigenvalue weighted by Crippen LogP contribution is 2.22. The van der Waals surface area contributed by atoms with Crippen molar-refractivity contribution in [1.82, 2.24) is 25.4 Å². The summed E-state index contributed by atoms with van der Waals surface area (Å²) < 4.78 is 2.02. The number of aliphatic imine (C=N–C) groups is 1. The van der Waals surface area contributed by atoms with Crippen molar-refractivity contribution in [3.63, 3.8) is 0 Å². The van der Waals surface area contributed by atoms with Crippen molar-refractivity contribution in [2.24, 2.45) is 4.99 Å². The molecule has 1 aliphatic rings. The van der Waals surface area contributed by atoms with E-state index in [1.165, 1.54) is 11.1 Å². The molecule has 7 heteroatoms. The second-order valence-electron chi connectivity index (χ2n) is 6.76. The van der Waals surface area contributed by atoms with Crippen LogP contribution in [0.5, 0.6) is 0 Å². The van der Waals surface area contributed by atoms with Crippen LogP contribution in [0.1, 0.15) is 55.5 Å². The summed E-state index contributed by atoms with van der Waals surface area (Å²) >= 11 is 0. The second kappa shape index (κ2) is 10.6. The molecule has 1 aromatic carbocycles. The number of aryl methyl sites for hydroxylation is 3. The van der Waals surface area contributed by atoms with Crippen LogP contribution in [0.3, 0.4) is 0 Å². The van der Waals surface area contributed by atoms with E-state index in [1.807, 2.05) is 11.6 Å². The Hall–Kier alpha value is -1.64. The van der Waals surface area contributed by atoms with Gasteiger partial charge in [0.2, 0.25) is 0 Å². The number of hydrogen-bond acceptors (Lipinski definition) is 3. The molecule has 2 heterocycles. The van der Waals surface area contributed by atoms with E-state index in [9.17, 15) is 0 Å². The minimum atomic E-state index is 0. The molecule has 1 atom stereocenters. The first-order valence-corrected chi connectivity index (χ1v) is 9.73. The van der Waals surface area contributed by atoms with Crippen LogP contribution in [0.25, 0.3) is 0 Å². The lowest BCUT2D eigenvalue weighted by molar-refractivity contribution is 0.397. The van der Waals surface area contributed by atoms with Crippen molar-refractivity contribution in [3.8, 4) is 0 Å². The van der Waals surface area contributed by atoms with Gasteiger partial charge < -0.3 is 10.6 Å². The molecule has 1 aliphatic heterocycles. The van der Waals surface area contributed by atoms with Gasteiger partial charge in [0.05, 0.1) is 6.04 Å². The van der Waals surface area contributed by atoms with Gasteiger partial charge in [-0.05, 0) is 50.7 Å². The maximum atomic E-state index is 4.76. The fourth-order valence-corrected chi connectivity index (χ4v) is 3.33. The van der Waals surface area contributed by atoms with Gasteiger partial charge in [-0.1, -0.05) is 31.2 Å². The number of halogens is 1. The van der Waals surface area contributed by atoms with Gasteiger partial charge in [0, 0.05) is 19.6 Å². The third-order valence-electron chi connectivity index (χ3n) is 4.74. The van der Waals surface area contributed by atoms with Crippen LogP contribution in [0, 0.1) is 6.92 Å². The molecule has 0 spiro atoms. The van der Waals surface area contributed by atoms with E-state index in [2.05, 4.69) is 58.8 Å². The molecule has 1 unspecified atom stereocenters. The quantitative estimate of drug-likeness (QED) is 0.377. The maximum absolute atomic E-state index is 4.76. The van der Waals surface area contributed by atoms with Gasteiger partial charge in [-0.15, -0.1) is 24.0 Å². The Bertz CT molecular complexity index is 737. The minimum absolute atomic E-state index is 0. The Morgan fingerprint density at radius 3 is 2.67 bits per heavy atom. The Morgan fingerprint density at radius 1 is 1.22 bits per heavy atom. The summed E-state index contributed by atoms with van der Waals surface area (Å²) in [5.74, 6) is 2.72. The molecule has 0 aliphatic carbocycles. The summed E-state index contributed by atoms with van der Waals surface area (Å²) in [7, 11) is 0. The molecule has 2 N–H and O–H groups in total. The van der Waals surface area contributed by atoms with E-state index in [0.717, 1.165) is 62.9 Å². The van der Waals surface area contributed by atoms with Crippen LogP contribution < -0.4 is 10.6 Å². The van der Waals surface area contributed by atoms with Crippen LogP contribution in [-0.4, -0.2) is 33.8 Å². The zero-order valence-electron chi connectivity index (χ0n) is 16.5. The monoisotopic (exact) mass is 482 g/mol.